The first-order chi connectivity index (χ1) is 12.8. The number of hydrogen-bond donors (Lipinski definition) is 0. The van der Waals surface area contributed by atoms with E-state index in [-0.39, 0.29) is 5.97 Å². The lowest BCUT2D eigenvalue weighted by molar-refractivity contribution is -0.137. The van der Waals surface area contributed by atoms with Crippen LogP contribution in [0.2, 0.25) is 0 Å². The lowest BCUT2D eigenvalue weighted by Gasteiger charge is -2.04. The Hall–Kier alpha value is -0.790. The lowest BCUT2D eigenvalue weighted by atomic mass is 10.0. The molecule has 0 aliphatic rings. The van der Waals surface area contributed by atoms with Crippen molar-refractivity contribution in [3.05, 3.63) is 12.7 Å². The lowest BCUT2D eigenvalue weighted by Crippen LogP contribution is -2.01. The highest BCUT2D eigenvalue weighted by atomic mass is 16.5. The first kappa shape index (κ1) is 25.2. The molecule has 154 valence electrons. The first-order valence-corrected chi connectivity index (χ1v) is 11.6. The van der Waals surface area contributed by atoms with Crippen molar-refractivity contribution in [2.75, 3.05) is 6.61 Å². The monoisotopic (exact) mass is 366 g/mol. The van der Waals surface area contributed by atoms with Gasteiger partial charge in [0.2, 0.25) is 0 Å². The van der Waals surface area contributed by atoms with Gasteiger partial charge in [-0.25, -0.2) is 4.79 Å². The molecule has 0 unspecified atom stereocenters. The minimum absolute atomic E-state index is 0.299. The van der Waals surface area contributed by atoms with Gasteiger partial charge < -0.3 is 4.74 Å². The van der Waals surface area contributed by atoms with Gasteiger partial charge in [-0.05, 0) is 6.42 Å². The third-order valence-corrected chi connectivity index (χ3v) is 5.16. The molecule has 0 rings (SSSR count). The number of carbonyl (C=O) groups excluding carboxylic acids is 1. The van der Waals surface area contributed by atoms with E-state index >= 15 is 0 Å². The Morgan fingerprint density at radius 2 is 0.923 bits per heavy atom. The second-order valence-electron chi connectivity index (χ2n) is 7.74. The molecule has 0 aromatic rings. The Morgan fingerprint density at radius 3 is 1.23 bits per heavy atom. The quantitative estimate of drug-likeness (QED) is 0.116. The Bertz CT molecular complexity index is 299. The van der Waals surface area contributed by atoms with Crippen LogP contribution in [0.4, 0.5) is 0 Å². The molecule has 0 spiro atoms. The number of esters is 1. The van der Waals surface area contributed by atoms with Crippen molar-refractivity contribution < 1.29 is 9.53 Å². The summed E-state index contributed by atoms with van der Waals surface area (Å²) in [4.78, 5) is 10.9. The molecule has 0 radical (unpaired) electrons. The maximum absolute atomic E-state index is 10.9. The zero-order valence-electron chi connectivity index (χ0n) is 17.7. The molecule has 26 heavy (non-hydrogen) atoms. The number of ether oxygens (including phenoxy) is 1. The Labute approximate surface area is 164 Å². The molecule has 0 heterocycles. The van der Waals surface area contributed by atoms with Crippen molar-refractivity contribution >= 4 is 5.97 Å². The molecule has 2 nitrogen and oxygen atoms in total. The fourth-order valence-corrected chi connectivity index (χ4v) is 3.41. The van der Waals surface area contributed by atoms with E-state index in [0.717, 1.165) is 6.42 Å². The molecule has 0 saturated carbocycles. The number of carbonyl (C=O) groups is 1. The second-order valence-corrected chi connectivity index (χ2v) is 7.74. The van der Waals surface area contributed by atoms with Crippen LogP contribution in [0.3, 0.4) is 0 Å². The summed E-state index contributed by atoms with van der Waals surface area (Å²) in [5.74, 6) is -0.299. The summed E-state index contributed by atoms with van der Waals surface area (Å²) in [6.45, 7) is 6.22. The van der Waals surface area contributed by atoms with Crippen LogP contribution in [-0.4, -0.2) is 12.6 Å². The smallest absolute Gasteiger partial charge is 0.330 e. The summed E-state index contributed by atoms with van der Waals surface area (Å²) >= 11 is 0. The van der Waals surface area contributed by atoms with Gasteiger partial charge in [-0.1, -0.05) is 129 Å². The van der Waals surface area contributed by atoms with E-state index in [0.29, 0.717) is 6.61 Å². The third-order valence-electron chi connectivity index (χ3n) is 5.16. The third kappa shape index (κ3) is 21.3. The zero-order chi connectivity index (χ0) is 19.1. The molecule has 0 aromatic heterocycles. The minimum atomic E-state index is -0.299. The summed E-state index contributed by atoms with van der Waals surface area (Å²) in [5.41, 5.74) is 0. The number of rotatable bonds is 21. The molecule has 0 amide bonds. The topological polar surface area (TPSA) is 26.3 Å². The van der Waals surface area contributed by atoms with E-state index in [1.165, 1.54) is 122 Å². The molecule has 0 atom stereocenters. The average Bonchev–Trinajstić information content (AvgIpc) is 2.66. The van der Waals surface area contributed by atoms with Crippen molar-refractivity contribution in [3.63, 3.8) is 0 Å². The van der Waals surface area contributed by atoms with E-state index in [2.05, 4.69) is 13.5 Å². The SMILES string of the molecule is C=CC(=O)OCCCCCCCCCCCCCCCCCCCCC. The van der Waals surface area contributed by atoms with Gasteiger partial charge >= 0.3 is 5.97 Å². The van der Waals surface area contributed by atoms with Crippen molar-refractivity contribution in [1.82, 2.24) is 0 Å². The van der Waals surface area contributed by atoms with Gasteiger partial charge in [0.1, 0.15) is 0 Å². The van der Waals surface area contributed by atoms with Crippen molar-refractivity contribution in [3.8, 4) is 0 Å². The second kappa shape index (κ2) is 22.3. The van der Waals surface area contributed by atoms with Crippen molar-refractivity contribution in [1.29, 1.82) is 0 Å². The highest BCUT2D eigenvalue weighted by molar-refractivity contribution is 5.81. The van der Waals surface area contributed by atoms with Crippen LogP contribution in [0.5, 0.6) is 0 Å². The van der Waals surface area contributed by atoms with Gasteiger partial charge in [-0.3, -0.25) is 0 Å². The maximum atomic E-state index is 10.9. The summed E-state index contributed by atoms with van der Waals surface area (Å²) in [5, 5.41) is 0. The van der Waals surface area contributed by atoms with Gasteiger partial charge in [0.05, 0.1) is 6.61 Å². The standard InChI is InChI=1S/C24H46O2/c1-3-5-6-7-8-9-10-11-12-13-14-15-16-17-18-19-20-21-22-23-26-24(25)4-2/h4H,2-3,5-23H2,1H3. The summed E-state index contributed by atoms with van der Waals surface area (Å²) < 4.78 is 4.97. The van der Waals surface area contributed by atoms with E-state index in [1.54, 1.807) is 0 Å². The summed E-state index contributed by atoms with van der Waals surface area (Å²) in [7, 11) is 0. The van der Waals surface area contributed by atoms with Crippen LogP contribution in [0.1, 0.15) is 129 Å². The summed E-state index contributed by atoms with van der Waals surface area (Å²) in [6.07, 6.45) is 27.4. The van der Waals surface area contributed by atoms with Crippen LogP contribution in [0.15, 0.2) is 12.7 Å². The molecule has 0 bridgehead atoms. The molecule has 0 fully saturated rings. The van der Waals surface area contributed by atoms with Gasteiger partial charge in [-0.15, -0.1) is 0 Å². The van der Waals surface area contributed by atoms with Gasteiger partial charge in [0.25, 0.3) is 0 Å². The molecular formula is C24H46O2. The normalized spacial score (nSPS) is 10.8. The van der Waals surface area contributed by atoms with Gasteiger partial charge in [0, 0.05) is 6.08 Å². The average molecular weight is 367 g/mol. The predicted octanol–water partition coefficient (Wildman–Crippen LogP) is 8.15. The van der Waals surface area contributed by atoms with Crippen LogP contribution >= 0.6 is 0 Å². The largest absolute Gasteiger partial charge is 0.463 e. The molecule has 2 heteroatoms. The van der Waals surface area contributed by atoms with Crippen molar-refractivity contribution in [2.24, 2.45) is 0 Å². The minimum Gasteiger partial charge on any atom is -0.463 e. The summed E-state index contributed by atoms with van der Waals surface area (Å²) in [6, 6.07) is 0. The van der Waals surface area contributed by atoms with E-state index in [1.807, 2.05) is 0 Å². The molecule has 0 aliphatic carbocycles. The molecule has 0 saturated heterocycles. The van der Waals surface area contributed by atoms with Crippen LogP contribution < -0.4 is 0 Å². The predicted molar refractivity (Wildman–Crippen MR) is 115 cm³/mol. The molecular weight excluding hydrogens is 320 g/mol. The highest BCUT2D eigenvalue weighted by Crippen LogP contribution is 2.14. The Morgan fingerprint density at radius 1 is 0.615 bits per heavy atom. The Kier molecular flexibility index (Phi) is 21.6. The van der Waals surface area contributed by atoms with Gasteiger partial charge in [-0.2, -0.15) is 0 Å². The van der Waals surface area contributed by atoms with Crippen LogP contribution in [-0.2, 0) is 9.53 Å². The molecule has 0 aromatic carbocycles. The van der Waals surface area contributed by atoms with Crippen LogP contribution in [0.25, 0.3) is 0 Å². The highest BCUT2D eigenvalue weighted by Gasteiger charge is 1.97. The van der Waals surface area contributed by atoms with E-state index in [4.69, 9.17) is 4.74 Å². The number of hydrogen-bond acceptors (Lipinski definition) is 2. The number of unbranched alkanes of at least 4 members (excludes halogenated alkanes) is 18. The Balaban J connectivity index is 3.01. The fourth-order valence-electron chi connectivity index (χ4n) is 3.41. The van der Waals surface area contributed by atoms with E-state index in [9.17, 15) is 4.79 Å². The molecule has 0 N–H and O–H groups in total. The van der Waals surface area contributed by atoms with E-state index < -0.39 is 0 Å². The molecule has 0 aliphatic heterocycles. The van der Waals surface area contributed by atoms with Crippen LogP contribution in [0, 0.1) is 0 Å². The van der Waals surface area contributed by atoms with Gasteiger partial charge in [0.15, 0.2) is 0 Å². The first-order valence-electron chi connectivity index (χ1n) is 11.6. The zero-order valence-corrected chi connectivity index (χ0v) is 17.7. The van der Waals surface area contributed by atoms with Crippen molar-refractivity contribution in [2.45, 2.75) is 129 Å². The fraction of sp³-hybridized carbons (Fsp3) is 0.875. The maximum Gasteiger partial charge on any atom is 0.330 e.